The van der Waals surface area contributed by atoms with Crippen molar-refractivity contribution in [1.29, 1.82) is 0 Å². The van der Waals surface area contributed by atoms with Gasteiger partial charge in [-0.3, -0.25) is 19.7 Å². The number of aryl methyl sites for hydroxylation is 1. The van der Waals surface area contributed by atoms with Crippen molar-refractivity contribution in [3.05, 3.63) is 45.8 Å². The van der Waals surface area contributed by atoms with Crippen LogP contribution in [0.15, 0.2) is 28.8 Å². The van der Waals surface area contributed by atoms with Crippen LogP contribution < -0.4 is 0 Å². The maximum atomic E-state index is 12.2. The Labute approximate surface area is 167 Å². The van der Waals surface area contributed by atoms with Crippen LogP contribution in [-0.2, 0) is 27.4 Å². The number of hydrogen-bond acceptors (Lipinski definition) is 8. The van der Waals surface area contributed by atoms with Gasteiger partial charge in [-0.15, -0.1) is 0 Å². The van der Waals surface area contributed by atoms with Gasteiger partial charge in [0, 0.05) is 28.7 Å². The minimum absolute atomic E-state index is 0.122. The summed E-state index contributed by atoms with van der Waals surface area (Å²) in [7, 11) is 0. The van der Waals surface area contributed by atoms with Crippen molar-refractivity contribution in [2.45, 2.75) is 39.7 Å². The second-order valence-electron chi connectivity index (χ2n) is 7.36. The molecule has 154 valence electrons. The Bertz CT molecular complexity index is 892. The zero-order valence-corrected chi connectivity index (χ0v) is 16.4. The van der Waals surface area contributed by atoms with E-state index in [2.05, 4.69) is 17.1 Å². The van der Waals surface area contributed by atoms with Gasteiger partial charge in [-0.2, -0.15) is 4.98 Å². The van der Waals surface area contributed by atoms with Crippen molar-refractivity contribution in [1.82, 2.24) is 10.1 Å². The molecule has 3 atom stereocenters. The molecule has 0 spiro atoms. The molecule has 9 heteroatoms. The number of ether oxygens (including phenoxy) is 1. The number of nitrogens with zero attached hydrogens (tertiary/aromatic N) is 3. The summed E-state index contributed by atoms with van der Waals surface area (Å²) >= 11 is 0. The molecule has 2 aromatic rings. The minimum atomic E-state index is -0.682. The van der Waals surface area contributed by atoms with Gasteiger partial charge in [0.05, 0.1) is 6.42 Å². The molecule has 0 N–H and O–H groups in total. The molecular weight excluding hydrogens is 378 g/mol. The monoisotopic (exact) mass is 401 g/mol. The fourth-order valence-corrected chi connectivity index (χ4v) is 3.70. The predicted molar refractivity (Wildman–Crippen MR) is 101 cm³/mol. The Hall–Kier alpha value is -3.10. The van der Waals surface area contributed by atoms with Gasteiger partial charge in [-0.1, -0.05) is 43.3 Å². The van der Waals surface area contributed by atoms with E-state index >= 15 is 0 Å². The summed E-state index contributed by atoms with van der Waals surface area (Å²) in [5.74, 6) is -1.46. The predicted octanol–water partition coefficient (Wildman–Crippen LogP) is 2.85. The van der Waals surface area contributed by atoms with Gasteiger partial charge < -0.3 is 9.26 Å². The number of esters is 1. The number of benzene rings is 1. The molecule has 1 fully saturated rings. The summed E-state index contributed by atoms with van der Waals surface area (Å²) in [6, 6.07) is 7.74. The quantitative estimate of drug-likeness (QED) is 0.375. The molecule has 0 radical (unpaired) electrons. The van der Waals surface area contributed by atoms with E-state index in [0.29, 0.717) is 5.82 Å². The van der Waals surface area contributed by atoms with Crippen molar-refractivity contribution in [3.8, 4) is 11.4 Å². The maximum Gasteiger partial charge on any atom is 0.307 e. The van der Waals surface area contributed by atoms with Crippen molar-refractivity contribution in [2.24, 2.45) is 17.8 Å². The van der Waals surface area contributed by atoms with Gasteiger partial charge in [0.2, 0.25) is 12.4 Å². The highest BCUT2D eigenvalue weighted by atomic mass is 16.6. The van der Waals surface area contributed by atoms with E-state index in [4.69, 9.17) is 9.26 Å². The van der Waals surface area contributed by atoms with E-state index in [1.165, 1.54) is 5.56 Å². The van der Waals surface area contributed by atoms with E-state index in [1.807, 2.05) is 24.3 Å². The third-order valence-electron chi connectivity index (χ3n) is 5.38. The van der Waals surface area contributed by atoms with Crippen molar-refractivity contribution < 1.29 is 23.8 Å². The molecule has 0 bridgehead atoms. The van der Waals surface area contributed by atoms with Crippen molar-refractivity contribution in [3.63, 3.8) is 0 Å². The number of ketones is 1. The number of Topliss-reactive ketones (excluding diaryl/α,β-unsaturated/α-hetero) is 1. The first kappa shape index (κ1) is 20.6. The molecule has 3 rings (SSSR count). The average molecular weight is 401 g/mol. The van der Waals surface area contributed by atoms with Gasteiger partial charge in [-0.25, -0.2) is 0 Å². The Kier molecular flexibility index (Phi) is 6.36. The molecule has 1 aromatic heterocycles. The maximum absolute atomic E-state index is 12.2. The smallest absolute Gasteiger partial charge is 0.307 e. The Balaban J connectivity index is 1.56. The van der Waals surface area contributed by atoms with Crippen LogP contribution in [0.25, 0.3) is 11.4 Å². The van der Waals surface area contributed by atoms with E-state index in [0.717, 1.165) is 12.0 Å². The number of carbonyl (C=O) groups is 2. The first-order chi connectivity index (χ1) is 13.9. The second-order valence-corrected chi connectivity index (χ2v) is 7.36. The van der Waals surface area contributed by atoms with E-state index < -0.39 is 22.7 Å². The summed E-state index contributed by atoms with van der Waals surface area (Å²) in [4.78, 5) is 38.9. The molecule has 0 aliphatic heterocycles. The summed E-state index contributed by atoms with van der Waals surface area (Å²) < 4.78 is 10.3. The lowest BCUT2D eigenvalue weighted by Crippen LogP contribution is -2.27. The van der Waals surface area contributed by atoms with Crippen LogP contribution >= 0.6 is 0 Å². The van der Waals surface area contributed by atoms with Crippen LogP contribution in [0.2, 0.25) is 0 Å². The van der Waals surface area contributed by atoms with Gasteiger partial charge in [0.15, 0.2) is 6.61 Å². The molecule has 0 unspecified atom stereocenters. The molecule has 1 saturated carbocycles. The van der Waals surface area contributed by atoms with Crippen molar-refractivity contribution in [2.75, 3.05) is 6.54 Å². The van der Waals surface area contributed by atoms with Gasteiger partial charge in [0.25, 0.3) is 5.89 Å². The fraction of sp³-hybridized carbons (Fsp3) is 0.500. The van der Waals surface area contributed by atoms with Gasteiger partial charge >= 0.3 is 5.97 Å². The highest BCUT2D eigenvalue weighted by Crippen LogP contribution is 2.36. The van der Waals surface area contributed by atoms with E-state index in [1.54, 1.807) is 6.92 Å². The van der Waals surface area contributed by atoms with Crippen LogP contribution in [0, 0.1) is 27.9 Å². The molecular formula is C20H23N3O6. The molecule has 29 heavy (non-hydrogen) atoms. The SMILES string of the molecule is CCc1ccc(-c2noc(COC(=O)C[C@H]3C(=O)C[C@@H](C)[C@H]3C[N+](=O)[O-])n2)cc1. The third kappa shape index (κ3) is 5.04. The standard InChI is InChI=1S/C20H23N3O6/c1-3-13-4-6-14(7-5-13)20-21-18(29-22-20)11-28-19(25)9-15-16(10-23(26)27)12(2)8-17(15)24/h4-7,12,15-16H,3,8-11H2,1-2H3/t12-,15-,16-/m1/s1. The fourth-order valence-electron chi connectivity index (χ4n) is 3.70. The highest BCUT2D eigenvalue weighted by molar-refractivity contribution is 5.87. The molecule has 9 nitrogen and oxygen atoms in total. The van der Waals surface area contributed by atoms with Gasteiger partial charge in [-0.05, 0) is 17.9 Å². The first-order valence-electron chi connectivity index (χ1n) is 9.59. The second kappa shape index (κ2) is 8.93. The van der Waals surface area contributed by atoms with Gasteiger partial charge in [0.1, 0.15) is 5.78 Å². The molecule has 0 amide bonds. The third-order valence-corrected chi connectivity index (χ3v) is 5.38. The van der Waals surface area contributed by atoms with Crippen molar-refractivity contribution >= 4 is 11.8 Å². The van der Waals surface area contributed by atoms with Crippen LogP contribution in [0.5, 0.6) is 0 Å². The summed E-state index contributed by atoms with van der Waals surface area (Å²) in [6.45, 7) is 3.32. The molecule has 1 heterocycles. The Morgan fingerprint density at radius 2 is 2.07 bits per heavy atom. The lowest BCUT2D eigenvalue weighted by molar-refractivity contribution is -0.490. The topological polar surface area (TPSA) is 125 Å². The molecule has 1 aliphatic carbocycles. The van der Waals surface area contributed by atoms with Crippen LogP contribution in [-0.4, -0.2) is 33.4 Å². The summed E-state index contributed by atoms with van der Waals surface area (Å²) in [5.41, 5.74) is 1.98. The lowest BCUT2D eigenvalue weighted by atomic mass is 9.88. The summed E-state index contributed by atoms with van der Waals surface area (Å²) in [5, 5.41) is 14.7. The average Bonchev–Trinajstić information content (AvgIpc) is 3.26. The largest absolute Gasteiger partial charge is 0.456 e. The van der Waals surface area contributed by atoms with Crippen LogP contribution in [0.3, 0.4) is 0 Å². The molecule has 1 aliphatic rings. The van der Waals surface area contributed by atoms with Crippen LogP contribution in [0.1, 0.15) is 38.1 Å². The minimum Gasteiger partial charge on any atom is -0.456 e. The zero-order chi connectivity index (χ0) is 21.0. The number of rotatable bonds is 8. The highest BCUT2D eigenvalue weighted by Gasteiger charge is 2.44. The number of carbonyl (C=O) groups excluding carboxylic acids is 2. The van der Waals surface area contributed by atoms with Crippen LogP contribution in [0.4, 0.5) is 0 Å². The number of hydrogen-bond donors (Lipinski definition) is 0. The first-order valence-corrected chi connectivity index (χ1v) is 9.59. The normalized spacial score (nSPS) is 21.3. The number of aromatic nitrogens is 2. The van der Waals surface area contributed by atoms with E-state index in [9.17, 15) is 19.7 Å². The lowest BCUT2D eigenvalue weighted by Gasteiger charge is -2.16. The van der Waals surface area contributed by atoms with E-state index in [-0.39, 0.29) is 43.6 Å². The summed E-state index contributed by atoms with van der Waals surface area (Å²) in [6.07, 6.45) is 1.000. The molecule has 1 aromatic carbocycles. The zero-order valence-electron chi connectivity index (χ0n) is 16.4. The number of nitro groups is 1. The molecule has 0 saturated heterocycles. The Morgan fingerprint density at radius 3 is 2.72 bits per heavy atom. The Morgan fingerprint density at radius 1 is 1.34 bits per heavy atom.